The molecule has 0 saturated carbocycles. The molecular formula is C21H23N7O3S. The third-order valence-corrected chi connectivity index (χ3v) is 5.83. The van der Waals surface area contributed by atoms with Gasteiger partial charge in [-0.25, -0.2) is 15.0 Å². The zero-order valence-corrected chi connectivity index (χ0v) is 18.9. The summed E-state index contributed by atoms with van der Waals surface area (Å²) in [6.45, 7) is 5.69. The van der Waals surface area contributed by atoms with Crippen molar-refractivity contribution >= 4 is 15.7 Å². The molecule has 32 heavy (non-hydrogen) atoms. The highest BCUT2D eigenvalue weighted by Gasteiger charge is 2.21. The fourth-order valence-corrected chi connectivity index (χ4v) is 4.20. The summed E-state index contributed by atoms with van der Waals surface area (Å²) in [4.78, 5) is 16.9. The van der Waals surface area contributed by atoms with Crippen LogP contribution in [0, 0.1) is 6.92 Å². The molecule has 1 N–H and O–H groups in total. The van der Waals surface area contributed by atoms with Gasteiger partial charge in [0.1, 0.15) is 29.5 Å². The minimum Gasteiger partial charge on any atom is -0.439 e. The predicted octanol–water partition coefficient (Wildman–Crippen LogP) is 3.42. The molecule has 3 aromatic heterocycles. The molecule has 0 unspecified atom stereocenters. The number of anilines is 1. The summed E-state index contributed by atoms with van der Waals surface area (Å²) >= 11 is 0. The standard InChI is InChI=1S/C21H23N7O3S/c1-14(2)21-25-20(12-27(21)4)32(29,30)26-16-5-7-17(8-6-16)31-19-11-18(23-15(3)24-19)28-10-9-22-13-28/h5-14,26H,1-4H3. The van der Waals surface area contributed by atoms with E-state index in [0.717, 1.165) is 0 Å². The third-order valence-electron chi connectivity index (χ3n) is 4.58. The fraction of sp³-hybridized carbons (Fsp3) is 0.238. The number of imidazole rings is 2. The minimum atomic E-state index is -3.81. The monoisotopic (exact) mass is 453 g/mol. The molecule has 0 aliphatic carbocycles. The summed E-state index contributed by atoms with van der Waals surface area (Å²) in [6.07, 6.45) is 6.58. The van der Waals surface area contributed by atoms with Crippen molar-refractivity contribution in [1.29, 1.82) is 0 Å². The molecule has 0 radical (unpaired) electrons. The minimum absolute atomic E-state index is 0.0208. The number of ether oxygens (including phenoxy) is 1. The molecule has 1 aromatic carbocycles. The van der Waals surface area contributed by atoms with Gasteiger partial charge in [0.2, 0.25) is 5.88 Å². The van der Waals surface area contributed by atoms with Crippen LogP contribution in [0.25, 0.3) is 5.82 Å². The molecule has 0 atom stereocenters. The predicted molar refractivity (Wildman–Crippen MR) is 119 cm³/mol. The molecule has 11 heteroatoms. The second kappa shape index (κ2) is 8.42. The maximum Gasteiger partial charge on any atom is 0.280 e. The lowest BCUT2D eigenvalue weighted by molar-refractivity contribution is 0.459. The molecule has 4 aromatic rings. The number of rotatable bonds is 7. The van der Waals surface area contributed by atoms with E-state index in [1.807, 2.05) is 13.8 Å². The Balaban J connectivity index is 1.50. The summed E-state index contributed by atoms with van der Waals surface area (Å²) in [5.41, 5.74) is 0.395. The average molecular weight is 454 g/mol. The van der Waals surface area contributed by atoms with Crippen LogP contribution in [0.1, 0.15) is 31.4 Å². The number of hydrogen-bond acceptors (Lipinski definition) is 7. The first-order valence-corrected chi connectivity index (χ1v) is 11.4. The lowest BCUT2D eigenvalue weighted by Gasteiger charge is -2.09. The molecule has 0 fully saturated rings. The molecule has 166 valence electrons. The largest absolute Gasteiger partial charge is 0.439 e. The second-order valence-corrected chi connectivity index (χ2v) is 9.15. The molecular weight excluding hydrogens is 430 g/mol. The van der Waals surface area contributed by atoms with E-state index in [1.165, 1.54) is 6.20 Å². The Morgan fingerprint density at radius 1 is 1.09 bits per heavy atom. The second-order valence-electron chi connectivity index (χ2n) is 7.52. The van der Waals surface area contributed by atoms with Crippen LogP contribution in [0.5, 0.6) is 11.6 Å². The van der Waals surface area contributed by atoms with Gasteiger partial charge in [-0.3, -0.25) is 9.29 Å². The van der Waals surface area contributed by atoms with Crippen LogP contribution < -0.4 is 9.46 Å². The Hall–Kier alpha value is -3.73. The van der Waals surface area contributed by atoms with Gasteiger partial charge in [0, 0.05) is 43.3 Å². The first kappa shape index (κ1) is 21.5. The average Bonchev–Trinajstić information content (AvgIpc) is 3.39. The van der Waals surface area contributed by atoms with Gasteiger partial charge in [-0.05, 0) is 31.2 Å². The van der Waals surface area contributed by atoms with E-state index in [1.54, 1.807) is 72.2 Å². The van der Waals surface area contributed by atoms with Crippen molar-refractivity contribution in [2.45, 2.75) is 31.7 Å². The van der Waals surface area contributed by atoms with Crippen LogP contribution in [0.4, 0.5) is 5.69 Å². The van der Waals surface area contributed by atoms with Crippen LogP contribution in [-0.4, -0.2) is 37.5 Å². The maximum absolute atomic E-state index is 12.7. The summed E-state index contributed by atoms with van der Waals surface area (Å²) in [5.74, 6) is 2.86. The van der Waals surface area contributed by atoms with E-state index >= 15 is 0 Å². The van der Waals surface area contributed by atoms with E-state index < -0.39 is 10.0 Å². The highest BCUT2D eigenvalue weighted by molar-refractivity contribution is 7.92. The van der Waals surface area contributed by atoms with E-state index in [-0.39, 0.29) is 10.9 Å². The number of aryl methyl sites for hydroxylation is 2. The van der Waals surface area contributed by atoms with Crippen LogP contribution in [0.15, 0.2) is 60.3 Å². The van der Waals surface area contributed by atoms with Gasteiger partial charge < -0.3 is 9.30 Å². The Morgan fingerprint density at radius 3 is 2.47 bits per heavy atom. The van der Waals surface area contributed by atoms with Gasteiger partial charge in [-0.2, -0.15) is 13.4 Å². The van der Waals surface area contributed by atoms with Crippen molar-refractivity contribution in [2.75, 3.05) is 4.72 Å². The number of sulfonamides is 1. The maximum atomic E-state index is 12.7. The van der Waals surface area contributed by atoms with Crippen LogP contribution in [0.3, 0.4) is 0 Å². The van der Waals surface area contributed by atoms with Crippen molar-refractivity contribution in [1.82, 2.24) is 29.1 Å². The molecule has 3 heterocycles. The number of benzene rings is 1. The normalized spacial score (nSPS) is 11.7. The Bertz CT molecular complexity index is 1330. The lowest BCUT2D eigenvalue weighted by Crippen LogP contribution is -2.13. The van der Waals surface area contributed by atoms with Crippen molar-refractivity contribution in [3.63, 3.8) is 0 Å². The van der Waals surface area contributed by atoms with Gasteiger partial charge >= 0.3 is 0 Å². The summed E-state index contributed by atoms with van der Waals surface area (Å²) in [6, 6.07) is 8.24. The van der Waals surface area contributed by atoms with Gasteiger partial charge in [0.25, 0.3) is 10.0 Å². The number of aromatic nitrogens is 6. The first-order valence-electron chi connectivity index (χ1n) is 9.89. The van der Waals surface area contributed by atoms with E-state index in [0.29, 0.717) is 34.8 Å². The van der Waals surface area contributed by atoms with Crippen LogP contribution in [0.2, 0.25) is 0 Å². The fourth-order valence-electron chi connectivity index (χ4n) is 3.14. The summed E-state index contributed by atoms with van der Waals surface area (Å²) in [5, 5.41) is -0.0208. The molecule has 0 saturated heterocycles. The van der Waals surface area contributed by atoms with Gasteiger partial charge in [0.15, 0.2) is 5.03 Å². The molecule has 0 amide bonds. The quantitative estimate of drug-likeness (QED) is 0.456. The third kappa shape index (κ3) is 4.62. The molecule has 0 bridgehead atoms. The van der Waals surface area contributed by atoms with Crippen molar-refractivity contribution in [2.24, 2.45) is 7.05 Å². The lowest BCUT2D eigenvalue weighted by atomic mass is 10.2. The van der Waals surface area contributed by atoms with Crippen molar-refractivity contribution in [3.05, 3.63) is 66.9 Å². The van der Waals surface area contributed by atoms with Crippen molar-refractivity contribution < 1.29 is 13.2 Å². The Labute approximate surface area is 186 Å². The zero-order chi connectivity index (χ0) is 22.9. The summed E-state index contributed by atoms with van der Waals surface area (Å²) in [7, 11) is -2.03. The summed E-state index contributed by atoms with van der Waals surface area (Å²) < 4.78 is 37.3. The van der Waals surface area contributed by atoms with E-state index in [2.05, 4.69) is 24.7 Å². The van der Waals surface area contributed by atoms with Gasteiger partial charge in [-0.1, -0.05) is 13.8 Å². The first-order chi connectivity index (χ1) is 15.2. The molecule has 10 nitrogen and oxygen atoms in total. The molecule has 0 aliphatic heterocycles. The van der Waals surface area contributed by atoms with E-state index in [9.17, 15) is 8.42 Å². The topological polar surface area (TPSA) is 117 Å². The molecule has 4 rings (SSSR count). The van der Waals surface area contributed by atoms with Crippen LogP contribution in [-0.2, 0) is 17.1 Å². The SMILES string of the molecule is Cc1nc(Oc2ccc(NS(=O)(=O)c3cn(C)c(C(C)C)n3)cc2)cc(-n2ccnc2)n1. The number of hydrogen-bond donors (Lipinski definition) is 1. The smallest absolute Gasteiger partial charge is 0.280 e. The zero-order valence-electron chi connectivity index (χ0n) is 18.1. The van der Waals surface area contributed by atoms with Crippen LogP contribution >= 0.6 is 0 Å². The Morgan fingerprint density at radius 2 is 1.84 bits per heavy atom. The van der Waals surface area contributed by atoms with E-state index in [4.69, 9.17) is 4.74 Å². The van der Waals surface area contributed by atoms with Crippen molar-refractivity contribution in [3.8, 4) is 17.4 Å². The number of nitrogens with one attached hydrogen (secondary N) is 1. The highest BCUT2D eigenvalue weighted by atomic mass is 32.2. The Kier molecular flexibility index (Phi) is 5.66. The highest BCUT2D eigenvalue weighted by Crippen LogP contribution is 2.25. The number of nitrogens with zero attached hydrogens (tertiary/aromatic N) is 6. The van der Waals surface area contributed by atoms with Gasteiger partial charge in [0.05, 0.1) is 0 Å². The van der Waals surface area contributed by atoms with Gasteiger partial charge in [-0.15, -0.1) is 0 Å². The molecule has 0 aliphatic rings. The molecule has 0 spiro atoms.